The Kier molecular flexibility index (Phi) is 8.05. The molecule has 7 nitrogen and oxygen atoms in total. The van der Waals surface area contributed by atoms with Crippen LogP contribution in [0.15, 0.2) is 84.0 Å². The first-order valence-electron chi connectivity index (χ1n) is 10.8. The quantitative estimate of drug-likeness (QED) is 0.182. The van der Waals surface area contributed by atoms with E-state index in [0.717, 1.165) is 16.3 Å². The van der Waals surface area contributed by atoms with Gasteiger partial charge in [0.25, 0.3) is 0 Å². The van der Waals surface area contributed by atoms with Gasteiger partial charge in [-0.25, -0.2) is 5.43 Å². The van der Waals surface area contributed by atoms with E-state index in [1.807, 2.05) is 24.3 Å². The number of hydrogen-bond donors (Lipinski definition) is 2. The summed E-state index contributed by atoms with van der Waals surface area (Å²) in [5.74, 6) is -0.848. The van der Waals surface area contributed by atoms with Crippen LogP contribution in [0.2, 0.25) is 10.0 Å². The van der Waals surface area contributed by atoms with Crippen LogP contribution in [0.3, 0.4) is 0 Å². The molecule has 9 heteroatoms. The van der Waals surface area contributed by atoms with Crippen molar-refractivity contribution in [2.45, 2.75) is 6.61 Å². The van der Waals surface area contributed by atoms with Gasteiger partial charge in [-0.3, -0.25) is 9.59 Å². The summed E-state index contributed by atoms with van der Waals surface area (Å²) in [4.78, 5) is 24.2. The number of carbonyl (C=O) groups is 2. The van der Waals surface area contributed by atoms with Crippen molar-refractivity contribution in [1.82, 2.24) is 5.43 Å². The summed E-state index contributed by atoms with van der Waals surface area (Å²) in [6.07, 6.45) is 1.38. The minimum Gasteiger partial charge on any atom is -0.493 e. The Morgan fingerprint density at radius 3 is 2.56 bits per heavy atom. The number of amides is 2. The van der Waals surface area contributed by atoms with Gasteiger partial charge in [-0.2, -0.15) is 5.10 Å². The van der Waals surface area contributed by atoms with Crippen LogP contribution in [0.1, 0.15) is 11.1 Å². The summed E-state index contributed by atoms with van der Waals surface area (Å²) in [5.41, 5.74) is 4.07. The van der Waals surface area contributed by atoms with E-state index in [9.17, 15) is 9.59 Å². The van der Waals surface area contributed by atoms with Gasteiger partial charge in [0.1, 0.15) is 6.61 Å². The number of methoxy groups -OCH3 is 1. The van der Waals surface area contributed by atoms with Gasteiger partial charge in [-0.05, 0) is 58.3 Å². The fraction of sp³-hybridized carbons (Fsp3) is 0.0741. The SMILES string of the molecule is COc1cc(/C=N/NC(=O)C(=O)Nc2cc(Cl)ccc2Cl)ccc1OCc1cccc2ccccc12. The number of hydrogen-bond acceptors (Lipinski definition) is 5. The average molecular weight is 522 g/mol. The zero-order chi connectivity index (χ0) is 25.5. The predicted octanol–water partition coefficient (Wildman–Crippen LogP) is 5.82. The van der Waals surface area contributed by atoms with Gasteiger partial charge < -0.3 is 14.8 Å². The molecule has 0 aliphatic rings. The summed E-state index contributed by atoms with van der Waals surface area (Å²) in [5, 5.41) is 9.11. The standard InChI is InChI=1S/C27H21Cl2N3O4/c1-35-25-13-17(15-30-32-27(34)26(33)31-23-14-20(28)10-11-22(23)29)9-12-24(25)36-16-19-7-4-6-18-5-2-3-8-21(18)19/h2-15H,16H2,1H3,(H,31,33)(H,32,34)/b30-15+. The third-order valence-corrected chi connectivity index (χ3v) is 5.78. The van der Waals surface area contributed by atoms with E-state index in [4.69, 9.17) is 32.7 Å². The van der Waals surface area contributed by atoms with E-state index in [1.165, 1.54) is 25.5 Å². The Labute approximate surface area is 217 Å². The summed E-state index contributed by atoms with van der Waals surface area (Å²) in [7, 11) is 1.54. The van der Waals surface area contributed by atoms with Crippen LogP contribution in [0.5, 0.6) is 11.5 Å². The zero-order valence-corrected chi connectivity index (χ0v) is 20.6. The molecule has 182 valence electrons. The largest absolute Gasteiger partial charge is 0.493 e. The molecule has 0 aliphatic heterocycles. The van der Waals surface area contributed by atoms with Gasteiger partial charge in [-0.1, -0.05) is 65.7 Å². The highest BCUT2D eigenvalue weighted by molar-refractivity contribution is 6.42. The highest BCUT2D eigenvalue weighted by Crippen LogP contribution is 2.29. The number of hydrazone groups is 1. The summed E-state index contributed by atoms with van der Waals surface area (Å²) in [6.45, 7) is 0.368. The van der Waals surface area contributed by atoms with Crippen LogP contribution in [0, 0.1) is 0 Å². The van der Waals surface area contributed by atoms with E-state index in [1.54, 1.807) is 24.3 Å². The van der Waals surface area contributed by atoms with Crippen LogP contribution in [0.4, 0.5) is 5.69 Å². The smallest absolute Gasteiger partial charge is 0.329 e. The lowest BCUT2D eigenvalue weighted by atomic mass is 10.1. The molecule has 4 rings (SSSR count). The molecule has 2 N–H and O–H groups in total. The molecule has 0 saturated carbocycles. The number of halogens is 2. The highest BCUT2D eigenvalue weighted by atomic mass is 35.5. The van der Waals surface area contributed by atoms with E-state index >= 15 is 0 Å². The molecule has 4 aromatic carbocycles. The normalized spacial score (nSPS) is 10.9. The van der Waals surface area contributed by atoms with Crippen LogP contribution in [-0.4, -0.2) is 25.1 Å². The molecule has 0 atom stereocenters. The molecule has 0 heterocycles. The first-order chi connectivity index (χ1) is 17.4. The lowest BCUT2D eigenvalue weighted by Gasteiger charge is -2.12. The van der Waals surface area contributed by atoms with Gasteiger partial charge in [0.05, 0.1) is 24.0 Å². The van der Waals surface area contributed by atoms with Crippen molar-refractivity contribution >= 4 is 57.7 Å². The van der Waals surface area contributed by atoms with Crippen LogP contribution in [-0.2, 0) is 16.2 Å². The first-order valence-corrected chi connectivity index (χ1v) is 11.6. The molecule has 0 aromatic heterocycles. The molecular formula is C27H21Cl2N3O4. The van der Waals surface area contributed by atoms with Crippen LogP contribution in [0.25, 0.3) is 10.8 Å². The molecular weight excluding hydrogens is 501 g/mol. The number of anilines is 1. The maximum Gasteiger partial charge on any atom is 0.329 e. The lowest BCUT2D eigenvalue weighted by Crippen LogP contribution is -2.32. The van der Waals surface area contributed by atoms with Crippen molar-refractivity contribution in [3.05, 3.63) is 100 Å². The number of fused-ring (bicyclic) bond motifs is 1. The minimum atomic E-state index is -0.968. The Bertz CT molecular complexity index is 1450. The molecule has 0 aliphatic carbocycles. The number of nitrogens with one attached hydrogen (secondary N) is 2. The number of benzene rings is 4. The summed E-state index contributed by atoms with van der Waals surface area (Å²) in [6, 6.07) is 23.9. The highest BCUT2D eigenvalue weighted by Gasteiger charge is 2.15. The van der Waals surface area contributed by atoms with Crippen LogP contribution < -0.4 is 20.2 Å². The molecule has 0 radical (unpaired) electrons. The van der Waals surface area contributed by atoms with E-state index in [-0.39, 0.29) is 10.7 Å². The summed E-state index contributed by atoms with van der Waals surface area (Å²) >= 11 is 11.9. The molecule has 36 heavy (non-hydrogen) atoms. The number of carbonyl (C=O) groups excluding carboxylic acids is 2. The Morgan fingerprint density at radius 1 is 0.917 bits per heavy atom. The van der Waals surface area contributed by atoms with Gasteiger partial charge in [-0.15, -0.1) is 0 Å². The molecule has 2 amide bonds. The van der Waals surface area contributed by atoms with Gasteiger partial charge >= 0.3 is 11.8 Å². The third kappa shape index (κ3) is 6.13. The predicted molar refractivity (Wildman–Crippen MR) is 142 cm³/mol. The fourth-order valence-corrected chi connectivity index (χ4v) is 3.78. The maximum absolute atomic E-state index is 12.1. The van der Waals surface area contributed by atoms with Crippen LogP contribution >= 0.6 is 23.2 Å². The average Bonchev–Trinajstić information content (AvgIpc) is 2.89. The summed E-state index contributed by atoms with van der Waals surface area (Å²) < 4.78 is 11.5. The molecule has 4 aromatic rings. The van der Waals surface area contributed by atoms with Gasteiger partial charge in [0.15, 0.2) is 11.5 Å². The molecule has 0 fully saturated rings. The van der Waals surface area contributed by atoms with Crippen molar-refractivity contribution in [2.24, 2.45) is 5.10 Å². The maximum atomic E-state index is 12.1. The van der Waals surface area contributed by atoms with Gasteiger partial charge in [0, 0.05) is 5.02 Å². The monoisotopic (exact) mass is 521 g/mol. The van der Waals surface area contributed by atoms with Crippen molar-refractivity contribution in [3.63, 3.8) is 0 Å². The Hall–Kier alpha value is -4.07. The van der Waals surface area contributed by atoms with E-state index in [0.29, 0.717) is 28.7 Å². The second-order valence-electron chi connectivity index (χ2n) is 7.61. The molecule has 0 saturated heterocycles. The number of rotatable bonds is 7. The van der Waals surface area contributed by atoms with E-state index in [2.05, 4.69) is 34.0 Å². The Morgan fingerprint density at radius 2 is 1.72 bits per heavy atom. The molecule has 0 unspecified atom stereocenters. The lowest BCUT2D eigenvalue weighted by molar-refractivity contribution is -0.136. The van der Waals surface area contributed by atoms with E-state index < -0.39 is 11.8 Å². The second-order valence-corrected chi connectivity index (χ2v) is 8.46. The number of ether oxygens (including phenoxy) is 2. The van der Waals surface area contributed by atoms with Crippen molar-refractivity contribution in [1.29, 1.82) is 0 Å². The number of nitrogens with zero attached hydrogens (tertiary/aromatic N) is 1. The van der Waals surface area contributed by atoms with Crippen molar-refractivity contribution < 1.29 is 19.1 Å². The molecule has 0 spiro atoms. The third-order valence-electron chi connectivity index (χ3n) is 5.21. The second kappa shape index (κ2) is 11.6. The topological polar surface area (TPSA) is 89.0 Å². The minimum absolute atomic E-state index is 0.220. The van der Waals surface area contributed by atoms with Crippen molar-refractivity contribution in [2.75, 3.05) is 12.4 Å². The fourth-order valence-electron chi connectivity index (χ4n) is 3.45. The van der Waals surface area contributed by atoms with Crippen molar-refractivity contribution in [3.8, 4) is 11.5 Å². The van der Waals surface area contributed by atoms with Gasteiger partial charge in [0.2, 0.25) is 0 Å². The zero-order valence-electron chi connectivity index (χ0n) is 19.1. The first kappa shape index (κ1) is 25.0. The Balaban J connectivity index is 1.37. The molecule has 0 bridgehead atoms.